The molecule has 7 nitrogen and oxygen atoms in total. The third kappa shape index (κ3) is 6.47. The van der Waals surface area contributed by atoms with Crippen molar-refractivity contribution in [1.29, 1.82) is 5.26 Å². The summed E-state index contributed by atoms with van der Waals surface area (Å²) in [6.45, 7) is 1.86. The molecule has 0 aromatic heterocycles. The molecule has 3 rings (SSSR count). The SMILES string of the molecule is CCOc1cc(/C=C(\C#N)C(=O)Nc2cccc(Cl)c2Cl)cc(Cl)c1OS(=O)(=O)c1ccccc1. The molecule has 3 aromatic rings. The van der Waals surface area contributed by atoms with E-state index in [4.69, 9.17) is 43.7 Å². The summed E-state index contributed by atoms with van der Waals surface area (Å²) in [5, 5.41) is 12.3. The van der Waals surface area contributed by atoms with Gasteiger partial charge in [-0.1, -0.05) is 59.1 Å². The van der Waals surface area contributed by atoms with E-state index in [1.807, 2.05) is 6.07 Å². The molecule has 1 amide bonds. The molecule has 0 unspecified atom stereocenters. The third-order valence-corrected chi connectivity index (χ3v) is 6.77. The highest BCUT2D eigenvalue weighted by Crippen LogP contribution is 2.39. The van der Waals surface area contributed by atoms with Crippen molar-refractivity contribution >= 4 is 62.6 Å². The van der Waals surface area contributed by atoms with Gasteiger partial charge in [-0.05, 0) is 55.0 Å². The number of carbonyl (C=O) groups is 1. The lowest BCUT2D eigenvalue weighted by atomic mass is 10.1. The fraction of sp³-hybridized carbons (Fsp3) is 0.0833. The van der Waals surface area contributed by atoms with E-state index in [9.17, 15) is 18.5 Å². The zero-order valence-electron chi connectivity index (χ0n) is 18.1. The van der Waals surface area contributed by atoms with Gasteiger partial charge in [-0.25, -0.2) is 0 Å². The number of hydrogen-bond acceptors (Lipinski definition) is 6. The molecule has 0 heterocycles. The fourth-order valence-electron chi connectivity index (χ4n) is 2.87. The first-order chi connectivity index (χ1) is 16.7. The fourth-order valence-corrected chi connectivity index (χ4v) is 4.49. The Morgan fingerprint density at radius 1 is 1.06 bits per heavy atom. The molecule has 11 heteroatoms. The molecule has 35 heavy (non-hydrogen) atoms. The average molecular weight is 552 g/mol. The molecular formula is C24H17Cl3N2O5S. The first kappa shape index (κ1) is 26.4. The van der Waals surface area contributed by atoms with Gasteiger partial charge in [0.15, 0.2) is 5.75 Å². The normalized spacial score (nSPS) is 11.5. The Kier molecular flexibility index (Phi) is 8.65. The maximum absolute atomic E-state index is 12.7. The van der Waals surface area contributed by atoms with Gasteiger partial charge in [-0.2, -0.15) is 13.7 Å². The lowest BCUT2D eigenvalue weighted by molar-refractivity contribution is -0.112. The van der Waals surface area contributed by atoms with Crippen LogP contribution in [0.3, 0.4) is 0 Å². The first-order valence-corrected chi connectivity index (χ1v) is 12.5. The lowest BCUT2D eigenvalue weighted by Gasteiger charge is -2.14. The largest absolute Gasteiger partial charge is 0.490 e. The highest BCUT2D eigenvalue weighted by atomic mass is 35.5. The highest BCUT2D eigenvalue weighted by molar-refractivity contribution is 7.87. The Morgan fingerprint density at radius 3 is 2.43 bits per heavy atom. The van der Waals surface area contributed by atoms with Crippen molar-refractivity contribution in [3.8, 4) is 17.6 Å². The molecule has 0 saturated carbocycles. The average Bonchev–Trinajstić information content (AvgIpc) is 2.83. The van der Waals surface area contributed by atoms with Gasteiger partial charge < -0.3 is 14.2 Å². The molecule has 0 bridgehead atoms. The third-order valence-electron chi connectivity index (χ3n) is 4.43. The minimum Gasteiger partial charge on any atom is -0.490 e. The number of rotatable bonds is 8. The number of nitrogens with zero attached hydrogens (tertiary/aromatic N) is 1. The van der Waals surface area contributed by atoms with E-state index in [1.165, 1.54) is 36.4 Å². The summed E-state index contributed by atoms with van der Waals surface area (Å²) in [5.41, 5.74) is 0.255. The summed E-state index contributed by atoms with van der Waals surface area (Å²) < 4.78 is 36.1. The standard InChI is InChI=1S/C24H17Cl3N2O5S/c1-2-33-21-13-15(11-16(14-28)24(30)29-20-10-6-9-18(25)22(20)27)12-19(26)23(21)34-35(31,32)17-7-4-3-5-8-17/h3-13H,2H2,1H3,(H,29,30)/b16-11+. The lowest BCUT2D eigenvalue weighted by Crippen LogP contribution is -2.14. The Balaban J connectivity index is 1.95. The van der Waals surface area contributed by atoms with Crippen molar-refractivity contribution in [3.63, 3.8) is 0 Å². The molecule has 3 aromatic carbocycles. The van der Waals surface area contributed by atoms with Crippen LogP contribution in [0, 0.1) is 11.3 Å². The molecule has 0 aliphatic rings. The van der Waals surface area contributed by atoms with E-state index in [-0.39, 0.29) is 49.3 Å². The number of carbonyl (C=O) groups excluding carboxylic acids is 1. The van der Waals surface area contributed by atoms with Gasteiger partial charge in [-0.3, -0.25) is 4.79 Å². The number of nitriles is 1. The second kappa shape index (κ2) is 11.5. The van der Waals surface area contributed by atoms with E-state index in [1.54, 1.807) is 37.3 Å². The molecule has 0 radical (unpaired) electrons. The van der Waals surface area contributed by atoms with Crippen LogP contribution in [-0.4, -0.2) is 20.9 Å². The van der Waals surface area contributed by atoms with Crippen molar-refractivity contribution in [2.45, 2.75) is 11.8 Å². The monoisotopic (exact) mass is 550 g/mol. The van der Waals surface area contributed by atoms with Crippen LogP contribution in [-0.2, 0) is 14.9 Å². The van der Waals surface area contributed by atoms with Crippen LogP contribution in [0.25, 0.3) is 6.08 Å². The van der Waals surface area contributed by atoms with Crippen LogP contribution in [0.5, 0.6) is 11.5 Å². The van der Waals surface area contributed by atoms with Crippen molar-refractivity contribution in [2.24, 2.45) is 0 Å². The zero-order valence-corrected chi connectivity index (χ0v) is 21.2. The molecular weight excluding hydrogens is 535 g/mol. The van der Waals surface area contributed by atoms with Crippen LogP contribution in [0.1, 0.15) is 12.5 Å². The first-order valence-electron chi connectivity index (χ1n) is 9.99. The summed E-state index contributed by atoms with van der Waals surface area (Å²) in [7, 11) is -4.19. The molecule has 1 N–H and O–H groups in total. The Bertz CT molecular complexity index is 1440. The number of anilines is 1. The van der Waals surface area contributed by atoms with Crippen LogP contribution < -0.4 is 14.2 Å². The minimum atomic E-state index is -4.19. The Hall–Kier alpha value is -3.22. The van der Waals surface area contributed by atoms with E-state index in [2.05, 4.69) is 5.32 Å². The maximum atomic E-state index is 12.7. The van der Waals surface area contributed by atoms with E-state index < -0.39 is 16.0 Å². The molecule has 0 saturated heterocycles. The summed E-state index contributed by atoms with van der Waals surface area (Å²) >= 11 is 18.4. The van der Waals surface area contributed by atoms with Crippen molar-refractivity contribution < 1.29 is 22.1 Å². The molecule has 180 valence electrons. The van der Waals surface area contributed by atoms with Crippen molar-refractivity contribution in [1.82, 2.24) is 0 Å². The van der Waals surface area contributed by atoms with Gasteiger partial charge in [-0.15, -0.1) is 0 Å². The number of amides is 1. The van der Waals surface area contributed by atoms with Crippen LogP contribution >= 0.6 is 34.8 Å². The number of benzene rings is 3. The molecule has 0 atom stereocenters. The van der Waals surface area contributed by atoms with Crippen molar-refractivity contribution in [2.75, 3.05) is 11.9 Å². The summed E-state index contributed by atoms with van der Waals surface area (Å²) in [4.78, 5) is 12.6. The van der Waals surface area contributed by atoms with E-state index >= 15 is 0 Å². The maximum Gasteiger partial charge on any atom is 0.339 e. The van der Waals surface area contributed by atoms with Gasteiger partial charge in [0.2, 0.25) is 5.75 Å². The topological polar surface area (TPSA) is 105 Å². The second-order valence-electron chi connectivity index (χ2n) is 6.84. The van der Waals surface area contributed by atoms with Gasteiger partial charge in [0.1, 0.15) is 16.5 Å². The van der Waals surface area contributed by atoms with Crippen LogP contribution in [0.2, 0.25) is 15.1 Å². The molecule has 0 aliphatic heterocycles. The molecule has 0 spiro atoms. The predicted octanol–water partition coefficient (Wildman–Crippen LogP) is 6.36. The minimum absolute atomic E-state index is 0.0151. The molecule has 0 aliphatic carbocycles. The van der Waals surface area contributed by atoms with Crippen LogP contribution in [0.15, 0.2) is 71.1 Å². The zero-order chi connectivity index (χ0) is 25.6. The van der Waals surface area contributed by atoms with Gasteiger partial charge in [0.05, 0.1) is 27.4 Å². The van der Waals surface area contributed by atoms with Gasteiger partial charge in [0, 0.05) is 0 Å². The molecule has 0 fully saturated rings. The van der Waals surface area contributed by atoms with Gasteiger partial charge >= 0.3 is 10.1 Å². The Labute approximate surface area is 217 Å². The van der Waals surface area contributed by atoms with E-state index in [0.29, 0.717) is 5.56 Å². The summed E-state index contributed by atoms with van der Waals surface area (Å²) in [5.74, 6) is -0.942. The van der Waals surface area contributed by atoms with Gasteiger partial charge in [0.25, 0.3) is 5.91 Å². The predicted molar refractivity (Wildman–Crippen MR) is 136 cm³/mol. The van der Waals surface area contributed by atoms with Crippen molar-refractivity contribution in [3.05, 3.63) is 86.9 Å². The number of halogens is 3. The second-order valence-corrected chi connectivity index (χ2v) is 9.58. The number of hydrogen-bond donors (Lipinski definition) is 1. The highest BCUT2D eigenvalue weighted by Gasteiger charge is 2.22. The van der Waals surface area contributed by atoms with Crippen LogP contribution in [0.4, 0.5) is 5.69 Å². The summed E-state index contributed by atoms with van der Waals surface area (Å²) in [6.07, 6.45) is 1.26. The Morgan fingerprint density at radius 2 is 1.77 bits per heavy atom. The van der Waals surface area contributed by atoms with E-state index in [0.717, 1.165) is 0 Å². The quantitative estimate of drug-likeness (QED) is 0.198. The smallest absolute Gasteiger partial charge is 0.339 e. The number of nitrogens with one attached hydrogen (secondary N) is 1. The summed E-state index contributed by atoms with van der Waals surface area (Å²) in [6, 6.07) is 16.8. The number of ether oxygens (including phenoxy) is 1.